The van der Waals surface area contributed by atoms with Gasteiger partial charge in [-0.3, -0.25) is 4.79 Å². The van der Waals surface area contributed by atoms with Crippen LogP contribution in [0.4, 0.5) is 9.18 Å². The largest absolute Gasteiger partial charge is 0.341 e. The third-order valence-corrected chi connectivity index (χ3v) is 6.46. The molecule has 0 saturated carbocycles. The van der Waals surface area contributed by atoms with Gasteiger partial charge in [0.25, 0.3) is 0 Å². The fourth-order valence-electron chi connectivity index (χ4n) is 4.15. The second-order valence-electron chi connectivity index (χ2n) is 7.91. The number of fused-ring (bicyclic) bond motifs is 1. The summed E-state index contributed by atoms with van der Waals surface area (Å²) in [5, 5.41) is 0.421. The van der Waals surface area contributed by atoms with Crippen molar-refractivity contribution in [2.45, 2.75) is 25.1 Å². The number of likely N-dealkylation sites (tertiary alicyclic amines) is 2. The quantitative estimate of drug-likeness (QED) is 0.790. The molecule has 2 fully saturated rings. The highest BCUT2D eigenvalue weighted by molar-refractivity contribution is 8.00. The number of rotatable bonds is 4. The minimum Gasteiger partial charge on any atom is -0.341 e. The molecule has 1 aromatic rings. The standard InChI is InChI=1S/C20H28FN3O2S/c1-13(2)27-12-18(25)23-9-15-10-24(20(26)22(3)4)19(17(15)11-23)14-6-5-7-16(21)8-14/h5-8,13,15,17,19H,9-12H2,1-4H3/t15-,17-,19-/m1/s1. The summed E-state index contributed by atoms with van der Waals surface area (Å²) in [6, 6.07) is 6.24. The monoisotopic (exact) mass is 393 g/mol. The van der Waals surface area contributed by atoms with Crippen molar-refractivity contribution in [3.8, 4) is 0 Å². The van der Waals surface area contributed by atoms with Gasteiger partial charge in [0.2, 0.25) is 5.91 Å². The molecule has 0 radical (unpaired) electrons. The number of hydrogen-bond donors (Lipinski definition) is 0. The molecule has 2 saturated heterocycles. The lowest BCUT2D eigenvalue weighted by Gasteiger charge is -2.32. The van der Waals surface area contributed by atoms with Gasteiger partial charge in [-0.05, 0) is 22.9 Å². The van der Waals surface area contributed by atoms with Gasteiger partial charge < -0.3 is 14.7 Å². The van der Waals surface area contributed by atoms with Crippen LogP contribution in [0.2, 0.25) is 0 Å². The Hall–Kier alpha value is -1.76. The molecule has 0 N–H and O–H groups in total. The summed E-state index contributed by atoms with van der Waals surface area (Å²) in [5.41, 5.74) is 0.809. The van der Waals surface area contributed by atoms with E-state index in [1.54, 1.807) is 36.8 Å². The van der Waals surface area contributed by atoms with Crippen molar-refractivity contribution in [3.05, 3.63) is 35.6 Å². The number of benzene rings is 1. The minimum atomic E-state index is -0.299. The van der Waals surface area contributed by atoms with Crippen molar-refractivity contribution in [2.75, 3.05) is 39.5 Å². The van der Waals surface area contributed by atoms with E-state index < -0.39 is 0 Å². The molecule has 3 amide bonds. The molecular formula is C20H28FN3O2S. The van der Waals surface area contributed by atoms with Crippen molar-refractivity contribution in [1.29, 1.82) is 0 Å². The summed E-state index contributed by atoms with van der Waals surface area (Å²) in [6.07, 6.45) is 0. The Balaban J connectivity index is 1.81. The maximum atomic E-state index is 13.9. The molecule has 0 spiro atoms. The predicted octanol–water partition coefficient (Wildman–Crippen LogP) is 3.08. The third kappa shape index (κ3) is 4.23. The average molecular weight is 394 g/mol. The maximum Gasteiger partial charge on any atom is 0.320 e. The van der Waals surface area contributed by atoms with E-state index in [1.807, 2.05) is 15.9 Å². The van der Waals surface area contributed by atoms with Gasteiger partial charge in [-0.15, -0.1) is 11.8 Å². The van der Waals surface area contributed by atoms with Crippen molar-refractivity contribution in [3.63, 3.8) is 0 Å². The number of carbonyl (C=O) groups is 2. The van der Waals surface area contributed by atoms with Crippen LogP contribution in [0.25, 0.3) is 0 Å². The lowest BCUT2D eigenvalue weighted by atomic mass is 9.89. The lowest BCUT2D eigenvalue weighted by Crippen LogP contribution is -2.42. The van der Waals surface area contributed by atoms with Crippen molar-refractivity contribution < 1.29 is 14.0 Å². The number of thioether (sulfide) groups is 1. The smallest absolute Gasteiger partial charge is 0.320 e. The molecule has 5 nitrogen and oxygen atoms in total. The van der Waals surface area contributed by atoms with Crippen LogP contribution in [0.1, 0.15) is 25.5 Å². The number of amides is 3. The van der Waals surface area contributed by atoms with E-state index >= 15 is 0 Å². The highest BCUT2D eigenvalue weighted by atomic mass is 32.2. The summed E-state index contributed by atoms with van der Waals surface area (Å²) < 4.78 is 13.9. The van der Waals surface area contributed by atoms with Crippen molar-refractivity contribution in [1.82, 2.24) is 14.7 Å². The van der Waals surface area contributed by atoms with Crippen molar-refractivity contribution in [2.24, 2.45) is 11.8 Å². The van der Waals surface area contributed by atoms with E-state index in [0.717, 1.165) is 5.56 Å². The number of nitrogens with zero attached hydrogens (tertiary/aromatic N) is 3. The zero-order valence-electron chi connectivity index (χ0n) is 16.4. The van der Waals surface area contributed by atoms with Gasteiger partial charge in [0.05, 0.1) is 11.8 Å². The van der Waals surface area contributed by atoms with Gasteiger partial charge in [0.15, 0.2) is 0 Å². The minimum absolute atomic E-state index is 0.0631. The molecule has 3 atom stereocenters. The van der Waals surface area contributed by atoms with Crippen LogP contribution in [0.3, 0.4) is 0 Å². The van der Waals surface area contributed by atoms with E-state index in [1.165, 1.54) is 12.1 Å². The number of hydrogen-bond acceptors (Lipinski definition) is 3. The zero-order valence-corrected chi connectivity index (χ0v) is 17.2. The molecular weight excluding hydrogens is 365 g/mol. The van der Waals surface area contributed by atoms with Crippen LogP contribution >= 0.6 is 11.8 Å². The summed E-state index contributed by atoms with van der Waals surface area (Å²) in [5.74, 6) is 0.722. The predicted molar refractivity (Wildman–Crippen MR) is 106 cm³/mol. The number of urea groups is 1. The molecule has 2 aliphatic rings. The van der Waals surface area contributed by atoms with Crippen LogP contribution in [-0.2, 0) is 4.79 Å². The highest BCUT2D eigenvalue weighted by Crippen LogP contribution is 2.45. The van der Waals surface area contributed by atoms with Crippen LogP contribution in [-0.4, -0.2) is 71.4 Å². The van der Waals surface area contributed by atoms with Gasteiger partial charge in [-0.25, -0.2) is 9.18 Å². The summed E-state index contributed by atoms with van der Waals surface area (Å²) in [7, 11) is 3.47. The second kappa shape index (κ2) is 8.09. The molecule has 7 heteroatoms. The van der Waals surface area contributed by atoms with E-state index in [-0.39, 0.29) is 35.6 Å². The molecule has 2 aliphatic heterocycles. The van der Waals surface area contributed by atoms with E-state index in [0.29, 0.717) is 30.6 Å². The molecule has 0 aliphatic carbocycles. The Bertz CT molecular complexity index is 712. The Morgan fingerprint density at radius 1 is 1.26 bits per heavy atom. The van der Waals surface area contributed by atoms with E-state index in [2.05, 4.69) is 13.8 Å². The summed E-state index contributed by atoms with van der Waals surface area (Å²) in [4.78, 5) is 30.6. The highest BCUT2D eigenvalue weighted by Gasteiger charge is 2.50. The first-order valence-corrected chi connectivity index (χ1v) is 10.5. The van der Waals surface area contributed by atoms with Gasteiger partial charge in [-0.1, -0.05) is 26.0 Å². The van der Waals surface area contributed by atoms with Gasteiger partial charge in [-0.2, -0.15) is 0 Å². The molecule has 1 aromatic carbocycles. The topological polar surface area (TPSA) is 43.9 Å². The summed E-state index contributed by atoms with van der Waals surface area (Å²) in [6.45, 7) is 6.07. The first-order chi connectivity index (χ1) is 12.8. The maximum absolute atomic E-state index is 13.9. The van der Waals surface area contributed by atoms with Gasteiger partial charge >= 0.3 is 6.03 Å². The number of carbonyl (C=O) groups excluding carboxylic acids is 2. The Morgan fingerprint density at radius 2 is 2.00 bits per heavy atom. The fraction of sp³-hybridized carbons (Fsp3) is 0.600. The van der Waals surface area contributed by atoms with E-state index in [9.17, 15) is 14.0 Å². The molecule has 27 heavy (non-hydrogen) atoms. The molecule has 2 heterocycles. The molecule has 0 bridgehead atoms. The van der Waals surface area contributed by atoms with Crippen LogP contribution in [0, 0.1) is 17.7 Å². The first kappa shape index (κ1) is 20.0. The molecule has 148 valence electrons. The average Bonchev–Trinajstić information content (AvgIpc) is 3.16. The second-order valence-corrected chi connectivity index (χ2v) is 9.48. The molecule has 0 unspecified atom stereocenters. The Labute approximate surface area is 164 Å². The molecule has 0 aromatic heterocycles. The Kier molecular flexibility index (Phi) is 5.99. The third-order valence-electron chi connectivity index (χ3n) is 5.38. The first-order valence-electron chi connectivity index (χ1n) is 9.40. The van der Waals surface area contributed by atoms with Crippen LogP contribution in [0.15, 0.2) is 24.3 Å². The van der Waals surface area contributed by atoms with Crippen LogP contribution in [0.5, 0.6) is 0 Å². The normalized spacial score (nSPS) is 24.4. The Morgan fingerprint density at radius 3 is 2.63 bits per heavy atom. The zero-order chi connectivity index (χ0) is 19.7. The SMILES string of the molecule is CC(C)SCC(=O)N1C[C@@H]2CN(C(=O)N(C)C)[C@H](c3cccc(F)c3)[C@@H]2C1. The fourth-order valence-corrected chi connectivity index (χ4v) is 4.81. The van der Waals surface area contributed by atoms with Crippen molar-refractivity contribution >= 4 is 23.7 Å². The van der Waals surface area contributed by atoms with Crippen LogP contribution < -0.4 is 0 Å². The molecule has 3 rings (SSSR count). The summed E-state index contributed by atoms with van der Waals surface area (Å²) >= 11 is 1.65. The van der Waals surface area contributed by atoms with Gasteiger partial charge in [0, 0.05) is 45.6 Å². The van der Waals surface area contributed by atoms with Gasteiger partial charge in [0.1, 0.15) is 5.82 Å². The number of halogens is 1. The van der Waals surface area contributed by atoms with E-state index in [4.69, 9.17) is 0 Å². The lowest BCUT2D eigenvalue weighted by molar-refractivity contribution is -0.127.